The van der Waals surface area contributed by atoms with Crippen LogP contribution in [0.1, 0.15) is 18.7 Å². The van der Waals surface area contributed by atoms with E-state index < -0.39 is 0 Å². The third-order valence-corrected chi connectivity index (χ3v) is 5.11. The van der Waals surface area contributed by atoms with E-state index in [1.807, 2.05) is 30.6 Å². The number of pyridine rings is 1. The van der Waals surface area contributed by atoms with E-state index in [0.29, 0.717) is 18.1 Å². The first-order valence-corrected chi connectivity index (χ1v) is 8.93. The highest BCUT2D eigenvalue weighted by molar-refractivity contribution is 5.35. The van der Waals surface area contributed by atoms with Crippen molar-refractivity contribution < 1.29 is 0 Å². The smallest absolute Gasteiger partial charge is 0.338 e. The fourth-order valence-electron chi connectivity index (χ4n) is 3.72. The number of hydrogen-bond donors (Lipinski definition) is 0. The van der Waals surface area contributed by atoms with Crippen molar-refractivity contribution in [3.05, 3.63) is 53.1 Å². The number of fused-ring (bicyclic) bond motifs is 1. The second kappa shape index (κ2) is 6.84. The summed E-state index contributed by atoms with van der Waals surface area (Å²) in [4.78, 5) is 19.3. The summed E-state index contributed by atoms with van der Waals surface area (Å²) in [6.45, 7) is 3.66. The lowest BCUT2D eigenvalue weighted by Crippen LogP contribution is -2.39. The Balaban J connectivity index is 1.38. The summed E-state index contributed by atoms with van der Waals surface area (Å²) in [5, 5.41) is 4.42. The minimum atomic E-state index is -0.0582. The number of nitrogens with zero attached hydrogens (tertiary/aromatic N) is 6. The molecule has 0 amide bonds. The quantitative estimate of drug-likeness (QED) is 0.700. The van der Waals surface area contributed by atoms with Gasteiger partial charge in [0.2, 0.25) is 0 Å². The normalized spacial score (nSPS) is 18.8. The van der Waals surface area contributed by atoms with Crippen LogP contribution in [0, 0.1) is 5.92 Å². The van der Waals surface area contributed by atoms with Crippen molar-refractivity contribution in [3.63, 3.8) is 0 Å². The van der Waals surface area contributed by atoms with Crippen LogP contribution in [0.15, 0.2) is 41.6 Å². The van der Waals surface area contributed by atoms with Crippen LogP contribution in [0.4, 0.5) is 0 Å². The van der Waals surface area contributed by atoms with E-state index in [4.69, 9.17) is 0 Å². The first-order valence-electron chi connectivity index (χ1n) is 8.93. The van der Waals surface area contributed by atoms with E-state index in [2.05, 4.69) is 26.6 Å². The number of aromatic nitrogens is 5. The minimum Gasteiger partial charge on any atom is -0.338 e. The molecule has 0 bridgehead atoms. The van der Waals surface area contributed by atoms with Gasteiger partial charge < -0.3 is 9.47 Å². The fourth-order valence-corrected chi connectivity index (χ4v) is 3.72. The molecule has 1 aliphatic rings. The number of likely N-dealkylation sites (tertiary alicyclic amines) is 1. The monoisotopic (exact) mass is 340 g/mol. The molecule has 0 N–H and O–H groups in total. The maximum atomic E-state index is 12.3. The summed E-state index contributed by atoms with van der Waals surface area (Å²) in [7, 11) is 2.05. The van der Waals surface area contributed by atoms with E-state index in [1.54, 1.807) is 15.3 Å². The van der Waals surface area contributed by atoms with Crippen LogP contribution >= 0.6 is 0 Å². The van der Waals surface area contributed by atoms with E-state index in [1.165, 1.54) is 12.8 Å². The first kappa shape index (κ1) is 16.1. The molecule has 0 aliphatic carbocycles. The van der Waals surface area contributed by atoms with Gasteiger partial charge in [0.1, 0.15) is 5.82 Å². The number of aryl methyl sites for hydroxylation is 1. The SMILES string of the molecule is Cn1ccnc1CC1CCCN(CCn2nc3ccccn3c2=O)C1. The molecule has 1 aliphatic heterocycles. The van der Waals surface area contributed by atoms with Crippen LogP contribution in [0.2, 0.25) is 0 Å². The molecule has 0 spiro atoms. The summed E-state index contributed by atoms with van der Waals surface area (Å²) >= 11 is 0. The third kappa shape index (κ3) is 3.37. The zero-order valence-corrected chi connectivity index (χ0v) is 14.6. The van der Waals surface area contributed by atoms with Crippen molar-refractivity contribution in [2.45, 2.75) is 25.8 Å². The summed E-state index contributed by atoms with van der Waals surface area (Å²) in [6.07, 6.45) is 9.11. The van der Waals surface area contributed by atoms with Crippen LogP contribution in [0.25, 0.3) is 5.65 Å². The maximum Gasteiger partial charge on any atom is 0.350 e. The molecule has 0 saturated carbocycles. The van der Waals surface area contributed by atoms with Crippen molar-refractivity contribution in [3.8, 4) is 0 Å². The van der Waals surface area contributed by atoms with Gasteiger partial charge in [-0.05, 0) is 37.4 Å². The second-order valence-electron chi connectivity index (χ2n) is 6.90. The van der Waals surface area contributed by atoms with E-state index >= 15 is 0 Å². The molecule has 1 unspecified atom stereocenters. The molecule has 0 aromatic carbocycles. The predicted molar refractivity (Wildman–Crippen MR) is 95.5 cm³/mol. The Bertz CT molecular complexity index is 908. The van der Waals surface area contributed by atoms with Crippen molar-refractivity contribution in [2.24, 2.45) is 13.0 Å². The van der Waals surface area contributed by atoms with Gasteiger partial charge in [0.25, 0.3) is 0 Å². The zero-order valence-electron chi connectivity index (χ0n) is 14.6. The molecule has 25 heavy (non-hydrogen) atoms. The topological polar surface area (TPSA) is 60.4 Å². The van der Waals surface area contributed by atoms with Gasteiger partial charge in [-0.3, -0.25) is 4.40 Å². The highest BCUT2D eigenvalue weighted by Crippen LogP contribution is 2.20. The van der Waals surface area contributed by atoms with Gasteiger partial charge >= 0.3 is 5.69 Å². The van der Waals surface area contributed by atoms with Crippen molar-refractivity contribution >= 4 is 5.65 Å². The van der Waals surface area contributed by atoms with Crippen LogP contribution in [-0.4, -0.2) is 48.3 Å². The van der Waals surface area contributed by atoms with Gasteiger partial charge in [0.15, 0.2) is 5.65 Å². The fraction of sp³-hybridized carbons (Fsp3) is 0.500. The van der Waals surface area contributed by atoms with E-state index in [9.17, 15) is 4.79 Å². The number of imidazole rings is 1. The lowest BCUT2D eigenvalue weighted by molar-refractivity contribution is 0.165. The Hall–Kier alpha value is -2.41. The molecule has 1 fully saturated rings. The Kier molecular flexibility index (Phi) is 4.40. The van der Waals surface area contributed by atoms with Crippen LogP contribution in [-0.2, 0) is 20.0 Å². The number of hydrogen-bond acceptors (Lipinski definition) is 4. The average Bonchev–Trinajstić information content (AvgIpc) is 3.17. The molecule has 1 saturated heterocycles. The van der Waals surface area contributed by atoms with Crippen LogP contribution < -0.4 is 5.69 Å². The molecular weight excluding hydrogens is 316 g/mol. The molecule has 7 heteroatoms. The molecule has 4 heterocycles. The minimum absolute atomic E-state index is 0.0582. The van der Waals surface area contributed by atoms with Gasteiger partial charge in [-0.25, -0.2) is 14.5 Å². The summed E-state index contributed by atoms with van der Waals surface area (Å²) in [6, 6.07) is 5.62. The molecule has 1 atom stereocenters. The van der Waals surface area contributed by atoms with Crippen LogP contribution in [0.5, 0.6) is 0 Å². The predicted octanol–water partition coefficient (Wildman–Crippen LogP) is 1.18. The standard InChI is InChI=1S/C18H24N6O/c1-21-10-7-19-17(21)13-15-5-4-8-22(14-15)11-12-24-18(25)23-9-3-2-6-16(23)20-24/h2-3,6-7,9-10,15H,4-5,8,11-14H2,1H3. The summed E-state index contributed by atoms with van der Waals surface area (Å²) in [5.74, 6) is 1.79. The van der Waals surface area contributed by atoms with Gasteiger partial charge in [-0.15, -0.1) is 5.10 Å². The van der Waals surface area contributed by atoms with Gasteiger partial charge in [-0.1, -0.05) is 6.07 Å². The number of rotatable bonds is 5. The average molecular weight is 340 g/mol. The maximum absolute atomic E-state index is 12.3. The zero-order chi connectivity index (χ0) is 17.2. The molecule has 3 aromatic rings. The second-order valence-corrected chi connectivity index (χ2v) is 6.90. The van der Waals surface area contributed by atoms with E-state index in [0.717, 1.165) is 31.9 Å². The number of piperidine rings is 1. The molecule has 0 radical (unpaired) electrons. The third-order valence-electron chi connectivity index (χ3n) is 5.11. The van der Waals surface area contributed by atoms with Gasteiger partial charge in [-0.2, -0.15) is 0 Å². The molecule has 132 valence electrons. The molecule has 7 nitrogen and oxygen atoms in total. The largest absolute Gasteiger partial charge is 0.350 e. The van der Waals surface area contributed by atoms with Crippen molar-refractivity contribution in [1.29, 1.82) is 0 Å². The Morgan fingerprint density at radius 1 is 1.24 bits per heavy atom. The highest BCUT2D eigenvalue weighted by atomic mass is 16.2. The Morgan fingerprint density at radius 3 is 2.96 bits per heavy atom. The Morgan fingerprint density at radius 2 is 2.16 bits per heavy atom. The van der Waals surface area contributed by atoms with E-state index in [-0.39, 0.29) is 5.69 Å². The van der Waals surface area contributed by atoms with Crippen LogP contribution in [0.3, 0.4) is 0 Å². The summed E-state index contributed by atoms with van der Waals surface area (Å²) in [5.41, 5.74) is 0.649. The molecular formula is C18H24N6O. The first-order chi connectivity index (χ1) is 12.2. The van der Waals surface area contributed by atoms with Gasteiger partial charge in [0, 0.05) is 45.1 Å². The summed E-state index contributed by atoms with van der Waals surface area (Å²) < 4.78 is 5.28. The lowest BCUT2D eigenvalue weighted by atomic mass is 9.94. The Labute approximate surface area is 146 Å². The van der Waals surface area contributed by atoms with Crippen molar-refractivity contribution in [2.75, 3.05) is 19.6 Å². The van der Waals surface area contributed by atoms with Gasteiger partial charge in [0.05, 0.1) is 6.54 Å². The lowest BCUT2D eigenvalue weighted by Gasteiger charge is -2.32. The molecule has 3 aromatic heterocycles. The van der Waals surface area contributed by atoms with Crippen molar-refractivity contribution in [1.82, 2.24) is 28.6 Å². The molecule has 4 rings (SSSR count). The highest BCUT2D eigenvalue weighted by Gasteiger charge is 2.21.